The summed E-state index contributed by atoms with van der Waals surface area (Å²) in [7, 11) is 0. The molecule has 2 aromatic carbocycles. The van der Waals surface area contributed by atoms with E-state index in [1.807, 2.05) is 66.9 Å². The SMILES string of the molecule is CCOCCC(=O)N(Cc1ccccc1)c1nc(-c2ccc(Br)cc2)cs1. The van der Waals surface area contributed by atoms with Gasteiger partial charge < -0.3 is 4.74 Å². The highest BCUT2D eigenvalue weighted by molar-refractivity contribution is 9.10. The van der Waals surface area contributed by atoms with Gasteiger partial charge in [-0.05, 0) is 24.6 Å². The van der Waals surface area contributed by atoms with Gasteiger partial charge in [0, 0.05) is 22.0 Å². The Morgan fingerprint density at radius 3 is 2.59 bits per heavy atom. The van der Waals surface area contributed by atoms with Crippen LogP contribution in [-0.2, 0) is 16.1 Å². The van der Waals surface area contributed by atoms with Gasteiger partial charge >= 0.3 is 0 Å². The van der Waals surface area contributed by atoms with E-state index in [0.717, 1.165) is 21.3 Å². The van der Waals surface area contributed by atoms with E-state index in [-0.39, 0.29) is 5.91 Å². The first-order valence-electron chi connectivity index (χ1n) is 8.81. The molecule has 3 aromatic rings. The summed E-state index contributed by atoms with van der Waals surface area (Å²) in [5.41, 5.74) is 2.97. The lowest BCUT2D eigenvalue weighted by Gasteiger charge is -2.20. The van der Waals surface area contributed by atoms with Gasteiger partial charge in [0.2, 0.25) is 5.91 Å². The number of ether oxygens (including phenoxy) is 1. The van der Waals surface area contributed by atoms with Crippen molar-refractivity contribution in [1.82, 2.24) is 4.98 Å². The van der Waals surface area contributed by atoms with Crippen LogP contribution in [0, 0.1) is 0 Å². The van der Waals surface area contributed by atoms with Gasteiger partial charge in [-0.25, -0.2) is 4.98 Å². The molecule has 0 saturated heterocycles. The van der Waals surface area contributed by atoms with Crippen molar-refractivity contribution in [3.05, 3.63) is 70.0 Å². The van der Waals surface area contributed by atoms with Crippen molar-refractivity contribution in [1.29, 1.82) is 0 Å². The third-order valence-electron chi connectivity index (χ3n) is 4.01. The fraction of sp³-hybridized carbons (Fsp3) is 0.238. The summed E-state index contributed by atoms with van der Waals surface area (Å²) in [5.74, 6) is 0.0176. The van der Waals surface area contributed by atoms with Crippen LogP contribution in [0.4, 0.5) is 5.13 Å². The van der Waals surface area contributed by atoms with Crippen LogP contribution in [0.15, 0.2) is 64.5 Å². The second-order valence-electron chi connectivity index (χ2n) is 5.93. The summed E-state index contributed by atoms with van der Waals surface area (Å²) < 4.78 is 6.38. The first kappa shape index (κ1) is 19.7. The average molecular weight is 445 g/mol. The van der Waals surface area contributed by atoms with Crippen molar-refractivity contribution < 1.29 is 9.53 Å². The van der Waals surface area contributed by atoms with Crippen LogP contribution in [0.3, 0.4) is 0 Å². The molecule has 27 heavy (non-hydrogen) atoms. The van der Waals surface area contributed by atoms with E-state index in [4.69, 9.17) is 9.72 Å². The molecule has 4 nitrogen and oxygen atoms in total. The lowest BCUT2D eigenvalue weighted by molar-refractivity contribution is -0.119. The maximum atomic E-state index is 12.8. The molecule has 0 aliphatic carbocycles. The van der Waals surface area contributed by atoms with E-state index in [1.165, 1.54) is 11.3 Å². The number of hydrogen-bond acceptors (Lipinski definition) is 4. The molecule has 1 heterocycles. The molecule has 0 aliphatic heterocycles. The number of rotatable bonds is 8. The molecule has 0 spiro atoms. The van der Waals surface area contributed by atoms with Gasteiger partial charge in [-0.3, -0.25) is 9.69 Å². The summed E-state index contributed by atoms with van der Waals surface area (Å²) in [4.78, 5) is 19.3. The molecule has 0 radical (unpaired) electrons. The predicted molar refractivity (Wildman–Crippen MR) is 114 cm³/mol. The van der Waals surface area contributed by atoms with E-state index in [9.17, 15) is 4.79 Å². The normalized spacial score (nSPS) is 10.7. The molecule has 1 amide bonds. The van der Waals surface area contributed by atoms with Gasteiger partial charge in [-0.15, -0.1) is 11.3 Å². The Morgan fingerprint density at radius 1 is 1.15 bits per heavy atom. The van der Waals surface area contributed by atoms with E-state index < -0.39 is 0 Å². The van der Waals surface area contributed by atoms with Gasteiger partial charge in [0.05, 0.1) is 25.3 Å². The van der Waals surface area contributed by atoms with Crippen molar-refractivity contribution in [2.75, 3.05) is 18.1 Å². The first-order chi connectivity index (χ1) is 13.2. The number of nitrogens with zero attached hydrogens (tertiary/aromatic N) is 2. The molecule has 6 heteroatoms. The van der Waals surface area contributed by atoms with Gasteiger partial charge in [-0.2, -0.15) is 0 Å². The Kier molecular flexibility index (Phi) is 7.15. The molecule has 0 unspecified atom stereocenters. The van der Waals surface area contributed by atoms with Crippen LogP contribution >= 0.6 is 27.3 Å². The number of hydrogen-bond donors (Lipinski definition) is 0. The number of anilines is 1. The van der Waals surface area contributed by atoms with Crippen LogP contribution in [0.2, 0.25) is 0 Å². The molecule has 0 saturated carbocycles. The summed E-state index contributed by atoms with van der Waals surface area (Å²) >= 11 is 4.93. The number of benzene rings is 2. The topological polar surface area (TPSA) is 42.4 Å². The predicted octanol–water partition coefficient (Wildman–Crippen LogP) is 5.53. The Labute approximate surface area is 171 Å². The van der Waals surface area contributed by atoms with Crippen molar-refractivity contribution in [3.63, 3.8) is 0 Å². The van der Waals surface area contributed by atoms with E-state index >= 15 is 0 Å². The largest absolute Gasteiger partial charge is 0.381 e. The van der Waals surface area contributed by atoms with Gasteiger partial charge in [0.15, 0.2) is 5.13 Å². The molecule has 0 fully saturated rings. The Balaban J connectivity index is 1.83. The number of carbonyl (C=O) groups excluding carboxylic acids is 1. The summed E-state index contributed by atoms with van der Waals surface area (Å²) in [6.45, 7) is 3.46. The van der Waals surface area contributed by atoms with Crippen LogP contribution in [0.5, 0.6) is 0 Å². The number of carbonyl (C=O) groups is 1. The third-order valence-corrected chi connectivity index (χ3v) is 5.40. The summed E-state index contributed by atoms with van der Waals surface area (Å²) in [5, 5.41) is 2.70. The number of halogens is 1. The second-order valence-corrected chi connectivity index (χ2v) is 7.69. The van der Waals surface area contributed by atoms with E-state index in [1.54, 1.807) is 4.90 Å². The monoisotopic (exact) mass is 444 g/mol. The second kappa shape index (κ2) is 9.78. The fourth-order valence-corrected chi connectivity index (χ4v) is 3.72. The van der Waals surface area contributed by atoms with E-state index in [2.05, 4.69) is 15.9 Å². The van der Waals surface area contributed by atoms with Gasteiger partial charge in [-0.1, -0.05) is 58.4 Å². The zero-order valence-electron chi connectivity index (χ0n) is 15.1. The Morgan fingerprint density at radius 2 is 1.89 bits per heavy atom. The van der Waals surface area contributed by atoms with E-state index in [0.29, 0.717) is 31.3 Å². The quantitative estimate of drug-likeness (QED) is 0.428. The molecular formula is C21H21BrN2O2S. The number of aromatic nitrogens is 1. The third kappa shape index (κ3) is 5.48. The van der Waals surface area contributed by atoms with Gasteiger partial charge in [0.25, 0.3) is 0 Å². The minimum Gasteiger partial charge on any atom is -0.381 e. The van der Waals surface area contributed by atoms with Crippen LogP contribution in [-0.4, -0.2) is 24.1 Å². The maximum Gasteiger partial charge on any atom is 0.231 e. The summed E-state index contributed by atoms with van der Waals surface area (Å²) in [6, 6.07) is 18.0. The zero-order valence-corrected chi connectivity index (χ0v) is 17.5. The van der Waals surface area contributed by atoms with Crippen LogP contribution < -0.4 is 4.90 Å². The Hall–Kier alpha value is -2.02. The van der Waals surface area contributed by atoms with Crippen molar-refractivity contribution in [2.24, 2.45) is 0 Å². The zero-order chi connectivity index (χ0) is 19.1. The highest BCUT2D eigenvalue weighted by Crippen LogP contribution is 2.29. The number of amides is 1. The average Bonchev–Trinajstić information content (AvgIpc) is 3.17. The standard InChI is InChI=1S/C21H21BrN2O2S/c1-2-26-13-12-20(25)24(14-16-6-4-3-5-7-16)21-23-19(15-27-21)17-8-10-18(22)11-9-17/h3-11,15H,2,12-14H2,1H3. The molecule has 0 N–H and O–H groups in total. The smallest absolute Gasteiger partial charge is 0.231 e. The maximum absolute atomic E-state index is 12.8. The first-order valence-corrected chi connectivity index (χ1v) is 10.5. The summed E-state index contributed by atoms with van der Waals surface area (Å²) in [6.07, 6.45) is 0.341. The fourth-order valence-electron chi connectivity index (χ4n) is 2.61. The molecule has 0 bridgehead atoms. The van der Waals surface area contributed by atoms with Crippen molar-refractivity contribution >= 4 is 38.3 Å². The molecule has 0 atom stereocenters. The Bertz CT molecular complexity index is 865. The number of thiazole rings is 1. The minimum absolute atomic E-state index is 0.0176. The molecular weight excluding hydrogens is 424 g/mol. The lowest BCUT2D eigenvalue weighted by Crippen LogP contribution is -2.31. The molecule has 140 valence electrons. The van der Waals surface area contributed by atoms with Crippen LogP contribution in [0.1, 0.15) is 18.9 Å². The van der Waals surface area contributed by atoms with Crippen molar-refractivity contribution in [2.45, 2.75) is 19.9 Å². The van der Waals surface area contributed by atoms with Crippen molar-refractivity contribution in [3.8, 4) is 11.3 Å². The lowest BCUT2D eigenvalue weighted by atomic mass is 10.2. The highest BCUT2D eigenvalue weighted by atomic mass is 79.9. The molecule has 0 aliphatic rings. The molecule has 1 aromatic heterocycles. The highest BCUT2D eigenvalue weighted by Gasteiger charge is 2.20. The van der Waals surface area contributed by atoms with Crippen LogP contribution in [0.25, 0.3) is 11.3 Å². The minimum atomic E-state index is 0.0176. The van der Waals surface area contributed by atoms with Gasteiger partial charge in [0.1, 0.15) is 0 Å². The molecule has 3 rings (SSSR count).